The van der Waals surface area contributed by atoms with E-state index in [1.165, 1.54) is 0 Å². The van der Waals surface area contributed by atoms with E-state index in [1.807, 2.05) is 0 Å². The Balaban J connectivity index is 2.37. The molecule has 130 valence electrons. The molecule has 4 nitrogen and oxygen atoms in total. The van der Waals surface area contributed by atoms with Crippen LogP contribution in [-0.4, -0.2) is 42.7 Å². The highest BCUT2D eigenvalue weighted by molar-refractivity contribution is 5.72. The molecule has 1 fully saturated rings. The van der Waals surface area contributed by atoms with E-state index in [2.05, 4.69) is 4.74 Å². The van der Waals surface area contributed by atoms with Crippen LogP contribution in [0.2, 0.25) is 0 Å². The second kappa shape index (κ2) is 8.05. The zero-order valence-corrected chi connectivity index (χ0v) is 11.9. The van der Waals surface area contributed by atoms with Crippen molar-refractivity contribution in [2.75, 3.05) is 13.3 Å². The van der Waals surface area contributed by atoms with Crippen molar-refractivity contribution in [3.05, 3.63) is 0 Å². The quantitative estimate of drug-likeness (QED) is 0.442. The van der Waals surface area contributed by atoms with Crippen LogP contribution in [0.1, 0.15) is 38.5 Å². The standard InChI is InChI=1S/C13H19F5O4/c14-8-10(6-7-21-13(18,20)12(15,16)17)22-11(19)9-4-2-1-3-5-9/h9-10,20H,1-8H2. The molecule has 0 heterocycles. The van der Waals surface area contributed by atoms with Crippen LogP contribution in [-0.2, 0) is 14.3 Å². The van der Waals surface area contributed by atoms with Gasteiger partial charge in [-0.2, -0.15) is 17.6 Å². The smallest absolute Gasteiger partial charge is 0.459 e. The fourth-order valence-corrected chi connectivity index (χ4v) is 2.17. The van der Waals surface area contributed by atoms with Gasteiger partial charge in [0, 0.05) is 6.42 Å². The lowest BCUT2D eigenvalue weighted by atomic mass is 9.89. The van der Waals surface area contributed by atoms with Crippen LogP contribution < -0.4 is 0 Å². The molecule has 1 saturated carbocycles. The van der Waals surface area contributed by atoms with Crippen molar-refractivity contribution in [3.63, 3.8) is 0 Å². The Bertz CT molecular complexity index is 353. The first-order valence-electron chi connectivity index (χ1n) is 7.06. The molecule has 1 rings (SSSR count). The second-order valence-electron chi connectivity index (χ2n) is 5.24. The summed E-state index contributed by atoms with van der Waals surface area (Å²) in [5.41, 5.74) is 0. The zero-order valence-electron chi connectivity index (χ0n) is 11.9. The van der Waals surface area contributed by atoms with Gasteiger partial charge in [-0.1, -0.05) is 19.3 Å². The number of ether oxygens (including phenoxy) is 2. The van der Waals surface area contributed by atoms with E-state index in [4.69, 9.17) is 9.84 Å². The summed E-state index contributed by atoms with van der Waals surface area (Å²) in [6.07, 6.45) is -3.42. The average molecular weight is 334 g/mol. The molecule has 2 atom stereocenters. The first-order chi connectivity index (χ1) is 10.2. The molecule has 0 spiro atoms. The van der Waals surface area contributed by atoms with E-state index in [9.17, 15) is 26.7 Å². The van der Waals surface area contributed by atoms with Gasteiger partial charge in [0.25, 0.3) is 0 Å². The first-order valence-corrected chi connectivity index (χ1v) is 7.06. The van der Waals surface area contributed by atoms with Gasteiger partial charge in [0.1, 0.15) is 12.8 Å². The van der Waals surface area contributed by atoms with E-state index in [0.29, 0.717) is 12.8 Å². The van der Waals surface area contributed by atoms with Crippen molar-refractivity contribution in [3.8, 4) is 0 Å². The minimum Gasteiger partial charge on any atom is -0.459 e. The molecule has 0 saturated heterocycles. The number of hydrogen-bond donors (Lipinski definition) is 1. The lowest BCUT2D eigenvalue weighted by molar-refractivity contribution is -0.424. The summed E-state index contributed by atoms with van der Waals surface area (Å²) in [4.78, 5) is 11.8. The molecule has 0 aromatic heterocycles. The van der Waals surface area contributed by atoms with Crippen molar-refractivity contribution in [2.24, 2.45) is 5.92 Å². The molecule has 0 radical (unpaired) electrons. The fourth-order valence-electron chi connectivity index (χ4n) is 2.17. The van der Waals surface area contributed by atoms with Crippen molar-refractivity contribution < 1.29 is 41.3 Å². The lowest BCUT2D eigenvalue weighted by Crippen LogP contribution is -2.44. The van der Waals surface area contributed by atoms with Gasteiger partial charge in [-0.25, -0.2) is 4.39 Å². The third kappa shape index (κ3) is 5.68. The molecule has 1 N–H and O–H groups in total. The topological polar surface area (TPSA) is 55.8 Å². The van der Waals surface area contributed by atoms with E-state index in [1.54, 1.807) is 0 Å². The van der Waals surface area contributed by atoms with Crippen LogP contribution >= 0.6 is 0 Å². The summed E-state index contributed by atoms with van der Waals surface area (Å²) < 4.78 is 69.9. The van der Waals surface area contributed by atoms with E-state index in [0.717, 1.165) is 19.3 Å². The Labute approximate surface area is 124 Å². The van der Waals surface area contributed by atoms with Gasteiger partial charge in [0.05, 0.1) is 12.5 Å². The fraction of sp³-hybridized carbons (Fsp3) is 0.923. The van der Waals surface area contributed by atoms with Crippen molar-refractivity contribution in [1.82, 2.24) is 0 Å². The van der Waals surface area contributed by atoms with Crippen LogP contribution in [0.4, 0.5) is 22.0 Å². The first kappa shape index (κ1) is 19.1. The largest absolute Gasteiger partial charge is 0.477 e. The van der Waals surface area contributed by atoms with Gasteiger partial charge in [-0.05, 0) is 12.8 Å². The van der Waals surface area contributed by atoms with Crippen LogP contribution in [0.15, 0.2) is 0 Å². The van der Waals surface area contributed by atoms with E-state index >= 15 is 0 Å². The summed E-state index contributed by atoms with van der Waals surface area (Å²) in [5.74, 6) is -0.939. The highest BCUT2D eigenvalue weighted by atomic mass is 19.4. The van der Waals surface area contributed by atoms with Gasteiger partial charge in [-0.3, -0.25) is 4.79 Å². The van der Waals surface area contributed by atoms with Gasteiger partial charge in [0.2, 0.25) is 0 Å². The van der Waals surface area contributed by atoms with Gasteiger partial charge in [-0.15, -0.1) is 0 Å². The molecule has 2 unspecified atom stereocenters. The molecule has 1 aliphatic carbocycles. The van der Waals surface area contributed by atoms with Crippen LogP contribution in [0.5, 0.6) is 0 Å². The molecular formula is C13H19F5O4. The number of esters is 1. The minimum atomic E-state index is -5.61. The number of hydrogen-bond acceptors (Lipinski definition) is 4. The number of alkyl halides is 5. The van der Waals surface area contributed by atoms with Crippen molar-refractivity contribution in [1.29, 1.82) is 0 Å². The third-order valence-electron chi connectivity index (χ3n) is 3.48. The molecule has 0 aromatic carbocycles. The number of carbonyl (C=O) groups excluding carboxylic acids is 1. The summed E-state index contributed by atoms with van der Waals surface area (Å²) in [5, 5.41) is 8.41. The average Bonchev–Trinajstić information content (AvgIpc) is 2.45. The summed E-state index contributed by atoms with van der Waals surface area (Å²) in [6.45, 7) is -2.07. The van der Waals surface area contributed by atoms with Crippen molar-refractivity contribution in [2.45, 2.75) is 56.8 Å². The Morgan fingerprint density at radius 3 is 2.27 bits per heavy atom. The summed E-state index contributed by atoms with van der Waals surface area (Å²) >= 11 is 0. The number of aliphatic hydroxyl groups is 1. The van der Waals surface area contributed by atoms with Crippen LogP contribution in [0.3, 0.4) is 0 Å². The predicted octanol–water partition coefficient (Wildman–Crippen LogP) is 3.03. The Kier molecular flexibility index (Phi) is 6.98. The summed E-state index contributed by atoms with van der Waals surface area (Å²) in [6, 6.07) is -4.80. The highest BCUT2D eigenvalue weighted by Gasteiger charge is 2.57. The Morgan fingerprint density at radius 2 is 1.77 bits per heavy atom. The van der Waals surface area contributed by atoms with Gasteiger partial charge in [0.15, 0.2) is 0 Å². The lowest BCUT2D eigenvalue weighted by Gasteiger charge is -2.24. The number of carbonyl (C=O) groups is 1. The number of rotatable bonds is 7. The van der Waals surface area contributed by atoms with E-state index < -0.39 is 44.0 Å². The van der Waals surface area contributed by atoms with Crippen LogP contribution in [0.25, 0.3) is 0 Å². The minimum absolute atomic E-state index is 0.336. The molecule has 0 bridgehead atoms. The van der Waals surface area contributed by atoms with Gasteiger partial charge < -0.3 is 14.6 Å². The third-order valence-corrected chi connectivity index (χ3v) is 3.48. The predicted molar refractivity (Wildman–Crippen MR) is 65.1 cm³/mol. The molecular weight excluding hydrogens is 315 g/mol. The molecule has 0 amide bonds. The molecule has 0 aromatic rings. The van der Waals surface area contributed by atoms with Crippen molar-refractivity contribution >= 4 is 5.97 Å². The molecule has 1 aliphatic rings. The number of halogens is 5. The summed E-state index contributed by atoms with van der Waals surface area (Å²) in [7, 11) is 0. The monoisotopic (exact) mass is 334 g/mol. The highest BCUT2D eigenvalue weighted by Crippen LogP contribution is 2.32. The molecule has 9 heteroatoms. The zero-order chi connectivity index (χ0) is 16.8. The molecule has 0 aliphatic heterocycles. The maximum Gasteiger partial charge on any atom is 0.477 e. The Hall–Kier alpha value is -0.960. The van der Waals surface area contributed by atoms with E-state index in [-0.39, 0.29) is 5.92 Å². The molecule has 22 heavy (non-hydrogen) atoms. The Morgan fingerprint density at radius 1 is 1.18 bits per heavy atom. The SMILES string of the molecule is O=C(OC(CF)CCOC(O)(F)C(F)(F)F)C1CCCCC1. The normalized spacial score (nSPS) is 21.2. The maximum atomic E-state index is 12.7. The second-order valence-corrected chi connectivity index (χ2v) is 5.24. The van der Waals surface area contributed by atoms with Crippen LogP contribution in [0, 0.1) is 5.92 Å². The van der Waals surface area contributed by atoms with Gasteiger partial charge >= 0.3 is 18.2 Å². The maximum absolute atomic E-state index is 12.7.